The highest BCUT2D eigenvalue weighted by atomic mass is 19.1. The second-order valence-electron chi connectivity index (χ2n) is 4.16. The highest BCUT2D eigenvalue weighted by molar-refractivity contribution is 5.13. The topological polar surface area (TPSA) is 42.4 Å². The summed E-state index contributed by atoms with van der Waals surface area (Å²) >= 11 is 0. The molecule has 0 spiro atoms. The van der Waals surface area contributed by atoms with Gasteiger partial charge in [-0.1, -0.05) is 0 Å². The number of aliphatic hydroxyl groups is 1. The Morgan fingerprint density at radius 1 is 1.56 bits per heavy atom. The quantitative estimate of drug-likeness (QED) is 0.854. The average molecular weight is 225 g/mol. The summed E-state index contributed by atoms with van der Waals surface area (Å²) in [6.45, 7) is 0.822. The number of pyridine rings is 1. The van der Waals surface area contributed by atoms with Crippen LogP contribution in [0.1, 0.15) is 37.4 Å². The molecule has 4 heteroatoms. The lowest BCUT2D eigenvalue weighted by Crippen LogP contribution is -2.08. The van der Waals surface area contributed by atoms with Crippen LogP contribution < -0.4 is 0 Å². The van der Waals surface area contributed by atoms with Crippen LogP contribution in [0.3, 0.4) is 0 Å². The Morgan fingerprint density at radius 2 is 2.44 bits per heavy atom. The largest absolute Gasteiger partial charge is 0.388 e. The molecule has 0 saturated carbocycles. The zero-order valence-corrected chi connectivity index (χ0v) is 9.10. The molecule has 1 saturated heterocycles. The van der Waals surface area contributed by atoms with Crippen LogP contribution in [0.25, 0.3) is 0 Å². The fourth-order valence-electron chi connectivity index (χ4n) is 1.99. The van der Waals surface area contributed by atoms with E-state index in [0.717, 1.165) is 32.1 Å². The van der Waals surface area contributed by atoms with Gasteiger partial charge in [0.1, 0.15) is 5.82 Å². The maximum Gasteiger partial charge on any atom is 0.141 e. The van der Waals surface area contributed by atoms with Crippen molar-refractivity contribution in [2.24, 2.45) is 0 Å². The van der Waals surface area contributed by atoms with Crippen LogP contribution in [0.4, 0.5) is 4.39 Å². The zero-order valence-electron chi connectivity index (χ0n) is 9.10. The van der Waals surface area contributed by atoms with Gasteiger partial charge in [-0.15, -0.1) is 0 Å². The van der Waals surface area contributed by atoms with Crippen LogP contribution in [-0.2, 0) is 4.74 Å². The van der Waals surface area contributed by atoms with Gasteiger partial charge in [-0.2, -0.15) is 0 Å². The fourth-order valence-corrected chi connectivity index (χ4v) is 1.99. The molecule has 2 atom stereocenters. The minimum absolute atomic E-state index is 0.260. The Morgan fingerprint density at radius 3 is 3.12 bits per heavy atom. The third-order valence-corrected chi connectivity index (χ3v) is 2.90. The van der Waals surface area contributed by atoms with Gasteiger partial charge in [0.25, 0.3) is 0 Å². The standard InChI is InChI=1S/C12H16FNO2/c13-10-6-9(7-14-8-10)12(15)4-3-11-2-1-5-16-11/h6-8,11-12,15H,1-5H2. The molecular formula is C12H16FNO2. The summed E-state index contributed by atoms with van der Waals surface area (Å²) in [4.78, 5) is 3.72. The average Bonchev–Trinajstić information content (AvgIpc) is 2.78. The van der Waals surface area contributed by atoms with Crippen LogP contribution in [-0.4, -0.2) is 22.8 Å². The van der Waals surface area contributed by atoms with Crippen molar-refractivity contribution in [3.05, 3.63) is 29.8 Å². The van der Waals surface area contributed by atoms with Gasteiger partial charge >= 0.3 is 0 Å². The molecule has 0 amide bonds. The Labute approximate surface area is 94.3 Å². The first-order chi connectivity index (χ1) is 7.75. The summed E-state index contributed by atoms with van der Waals surface area (Å²) in [5, 5.41) is 9.84. The molecule has 2 heterocycles. The van der Waals surface area contributed by atoms with Gasteiger partial charge in [-0.05, 0) is 31.7 Å². The molecule has 0 bridgehead atoms. The molecule has 16 heavy (non-hydrogen) atoms. The highest BCUT2D eigenvalue weighted by Gasteiger charge is 2.17. The SMILES string of the molecule is OC(CCC1CCCO1)c1cncc(F)c1. The lowest BCUT2D eigenvalue weighted by atomic mass is 10.0. The lowest BCUT2D eigenvalue weighted by molar-refractivity contribution is 0.0811. The minimum atomic E-state index is -0.646. The maximum atomic E-state index is 12.9. The Hall–Kier alpha value is -1.00. The molecule has 0 aliphatic carbocycles. The normalized spacial score (nSPS) is 22.2. The van der Waals surface area contributed by atoms with Crippen molar-refractivity contribution in [1.82, 2.24) is 4.98 Å². The summed E-state index contributed by atoms with van der Waals surface area (Å²) in [6.07, 6.45) is 5.83. The molecule has 1 fully saturated rings. The number of nitrogens with zero attached hydrogens (tertiary/aromatic N) is 1. The van der Waals surface area contributed by atoms with E-state index in [1.165, 1.54) is 12.3 Å². The minimum Gasteiger partial charge on any atom is -0.388 e. The second-order valence-corrected chi connectivity index (χ2v) is 4.16. The van der Waals surface area contributed by atoms with E-state index >= 15 is 0 Å². The summed E-state index contributed by atoms with van der Waals surface area (Å²) < 4.78 is 18.3. The summed E-state index contributed by atoms with van der Waals surface area (Å²) in [5.74, 6) is -0.409. The predicted molar refractivity (Wildman–Crippen MR) is 57.4 cm³/mol. The van der Waals surface area contributed by atoms with Crippen LogP contribution >= 0.6 is 0 Å². The fraction of sp³-hybridized carbons (Fsp3) is 0.583. The molecule has 0 aromatic carbocycles. The molecule has 2 unspecified atom stereocenters. The van der Waals surface area contributed by atoms with Gasteiger partial charge in [-0.25, -0.2) is 4.39 Å². The molecule has 0 radical (unpaired) electrons. The van der Waals surface area contributed by atoms with E-state index in [1.54, 1.807) is 0 Å². The van der Waals surface area contributed by atoms with Crippen molar-refractivity contribution in [1.29, 1.82) is 0 Å². The maximum absolute atomic E-state index is 12.9. The predicted octanol–water partition coefficient (Wildman–Crippen LogP) is 2.21. The van der Waals surface area contributed by atoms with Crippen molar-refractivity contribution in [3.63, 3.8) is 0 Å². The highest BCUT2D eigenvalue weighted by Crippen LogP contribution is 2.23. The van der Waals surface area contributed by atoms with E-state index in [0.29, 0.717) is 12.0 Å². The van der Waals surface area contributed by atoms with Gasteiger partial charge in [0.2, 0.25) is 0 Å². The van der Waals surface area contributed by atoms with E-state index in [1.807, 2.05) is 0 Å². The van der Waals surface area contributed by atoms with Gasteiger partial charge in [0.15, 0.2) is 0 Å². The van der Waals surface area contributed by atoms with Crippen molar-refractivity contribution in [2.45, 2.75) is 37.9 Å². The molecule has 1 aromatic heterocycles. The Balaban J connectivity index is 1.85. The summed E-state index contributed by atoms with van der Waals surface area (Å²) in [5.41, 5.74) is 0.540. The number of aromatic nitrogens is 1. The first kappa shape index (κ1) is 11.5. The first-order valence-electron chi connectivity index (χ1n) is 5.66. The van der Waals surface area contributed by atoms with Crippen molar-refractivity contribution in [3.8, 4) is 0 Å². The molecular weight excluding hydrogens is 209 g/mol. The molecule has 3 nitrogen and oxygen atoms in total. The third kappa shape index (κ3) is 3.00. The van der Waals surface area contributed by atoms with Crippen LogP contribution in [0.15, 0.2) is 18.5 Å². The second kappa shape index (κ2) is 5.37. The van der Waals surface area contributed by atoms with Crippen molar-refractivity contribution >= 4 is 0 Å². The Kier molecular flexibility index (Phi) is 3.85. The van der Waals surface area contributed by atoms with E-state index in [2.05, 4.69) is 4.98 Å². The van der Waals surface area contributed by atoms with Gasteiger partial charge in [-0.3, -0.25) is 4.98 Å². The van der Waals surface area contributed by atoms with Gasteiger partial charge in [0, 0.05) is 18.4 Å². The number of aliphatic hydroxyl groups excluding tert-OH is 1. The number of hydrogen-bond donors (Lipinski definition) is 1. The zero-order chi connectivity index (χ0) is 11.4. The van der Waals surface area contributed by atoms with Gasteiger partial charge < -0.3 is 9.84 Å². The summed E-state index contributed by atoms with van der Waals surface area (Å²) in [7, 11) is 0. The van der Waals surface area contributed by atoms with Crippen LogP contribution in [0.2, 0.25) is 0 Å². The smallest absolute Gasteiger partial charge is 0.141 e. The molecule has 1 aliphatic heterocycles. The molecule has 1 aromatic rings. The van der Waals surface area contributed by atoms with E-state index in [9.17, 15) is 9.50 Å². The number of hydrogen-bond acceptors (Lipinski definition) is 3. The third-order valence-electron chi connectivity index (χ3n) is 2.90. The first-order valence-corrected chi connectivity index (χ1v) is 5.66. The summed E-state index contributed by atoms with van der Waals surface area (Å²) in [6, 6.07) is 1.33. The van der Waals surface area contributed by atoms with E-state index in [4.69, 9.17) is 4.74 Å². The lowest BCUT2D eigenvalue weighted by Gasteiger charge is -2.13. The van der Waals surface area contributed by atoms with Crippen LogP contribution in [0.5, 0.6) is 0 Å². The monoisotopic (exact) mass is 225 g/mol. The Bertz CT molecular complexity index is 340. The van der Waals surface area contributed by atoms with Crippen LogP contribution in [0, 0.1) is 5.82 Å². The number of halogens is 1. The molecule has 2 rings (SSSR count). The molecule has 88 valence electrons. The number of rotatable bonds is 4. The van der Waals surface area contributed by atoms with E-state index < -0.39 is 11.9 Å². The number of ether oxygens (including phenoxy) is 1. The van der Waals surface area contributed by atoms with Crippen molar-refractivity contribution < 1.29 is 14.2 Å². The van der Waals surface area contributed by atoms with Crippen molar-refractivity contribution in [2.75, 3.05) is 6.61 Å². The molecule has 1 aliphatic rings. The molecule has 1 N–H and O–H groups in total. The van der Waals surface area contributed by atoms with E-state index in [-0.39, 0.29) is 6.10 Å². The van der Waals surface area contributed by atoms with Gasteiger partial charge in [0.05, 0.1) is 18.4 Å².